The highest BCUT2D eigenvalue weighted by Gasteiger charge is 2.14. The second kappa shape index (κ2) is 4.93. The second-order valence-corrected chi connectivity index (χ2v) is 3.98. The van der Waals surface area contributed by atoms with Gasteiger partial charge in [0.05, 0.1) is 16.9 Å². The highest BCUT2D eigenvalue weighted by Crippen LogP contribution is 2.27. The summed E-state index contributed by atoms with van der Waals surface area (Å²) in [5, 5.41) is 11.7. The molecule has 0 bridgehead atoms. The second-order valence-electron chi connectivity index (χ2n) is 3.98. The van der Waals surface area contributed by atoms with E-state index in [0.717, 1.165) is 0 Å². The molecule has 2 rings (SSSR count). The zero-order chi connectivity index (χ0) is 14.0. The van der Waals surface area contributed by atoms with Gasteiger partial charge in [-0.15, -0.1) is 0 Å². The van der Waals surface area contributed by atoms with Crippen LogP contribution in [0.3, 0.4) is 0 Å². The van der Waals surface area contributed by atoms with Gasteiger partial charge in [-0.05, 0) is 24.6 Å². The molecular weight excluding hydrogens is 249 g/mol. The van der Waals surface area contributed by atoms with Crippen molar-refractivity contribution in [2.75, 3.05) is 11.1 Å². The monoisotopic (exact) mass is 261 g/mol. The lowest BCUT2D eigenvalue weighted by Crippen LogP contribution is -2.08. The van der Waals surface area contributed by atoms with E-state index in [1.807, 2.05) is 0 Å². The van der Waals surface area contributed by atoms with Crippen molar-refractivity contribution in [3.8, 4) is 0 Å². The van der Waals surface area contributed by atoms with Crippen LogP contribution in [0.15, 0.2) is 30.5 Å². The van der Waals surface area contributed by atoms with E-state index in [1.165, 1.54) is 18.3 Å². The molecule has 0 amide bonds. The number of nitrogens with one attached hydrogen (secondary N) is 1. The largest absolute Gasteiger partial charge is 0.478 e. The Balaban J connectivity index is 2.45. The smallest absolute Gasteiger partial charge is 0.337 e. The number of aryl methyl sites for hydroxylation is 1. The molecule has 1 aromatic heterocycles. The third kappa shape index (κ3) is 2.47. The van der Waals surface area contributed by atoms with Gasteiger partial charge in [-0.1, -0.05) is 12.1 Å². The fourth-order valence-corrected chi connectivity index (χ4v) is 1.67. The van der Waals surface area contributed by atoms with Gasteiger partial charge in [0, 0.05) is 6.20 Å². The predicted molar refractivity (Wildman–Crippen MR) is 70.0 cm³/mol. The van der Waals surface area contributed by atoms with E-state index in [-0.39, 0.29) is 22.8 Å². The average molecular weight is 261 g/mol. The SMILES string of the molecule is Cc1cccc(F)c1Nc1nccc(C(=O)O)c1N. The van der Waals surface area contributed by atoms with E-state index >= 15 is 0 Å². The summed E-state index contributed by atoms with van der Waals surface area (Å²) in [6.45, 7) is 1.72. The Morgan fingerprint density at radius 2 is 2.16 bits per heavy atom. The molecule has 1 heterocycles. The number of nitrogens with zero attached hydrogens (tertiary/aromatic N) is 1. The van der Waals surface area contributed by atoms with Crippen molar-refractivity contribution in [1.29, 1.82) is 0 Å². The molecule has 0 aliphatic rings. The molecule has 0 fully saturated rings. The molecule has 0 radical (unpaired) electrons. The first kappa shape index (κ1) is 12.8. The Bertz CT molecular complexity index is 624. The first-order valence-corrected chi connectivity index (χ1v) is 5.50. The Morgan fingerprint density at radius 1 is 1.42 bits per heavy atom. The number of halogens is 1. The third-order valence-electron chi connectivity index (χ3n) is 2.69. The van der Waals surface area contributed by atoms with Crippen LogP contribution in [-0.2, 0) is 0 Å². The molecule has 0 aliphatic heterocycles. The lowest BCUT2D eigenvalue weighted by atomic mass is 10.1. The number of hydrogen-bond acceptors (Lipinski definition) is 4. The number of aromatic nitrogens is 1. The number of nitrogen functional groups attached to an aromatic ring is 1. The van der Waals surface area contributed by atoms with Crippen molar-refractivity contribution in [3.05, 3.63) is 47.4 Å². The number of rotatable bonds is 3. The Kier molecular flexibility index (Phi) is 3.33. The van der Waals surface area contributed by atoms with Crippen LogP contribution in [0, 0.1) is 12.7 Å². The molecular formula is C13H12FN3O2. The van der Waals surface area contributed by atoms with Gasteiger partial charge in [0.15, 0.2) is 5.82 Å². The normalized spacial score (nSPS) is 10.2. The molecule has 0 aliphatic carbocycles. The number of benzene rings is 1. The molecule has 1 aromatic carbocycles. The van der Waals surface area contributed by atoms with Crippen molar-refractivity contribution in [2.24, 2.45) is 0 Å². The summed E-state index contributed by atoms with van der Waals surface area (Å²) < 4.78 is 13.7. The Hall–Kier alpha value is -2.63. The number of aromatic carboxylic acids is 1. The maximum absolute atomic E-state index is 13.7. The van der Waals surface area contributed by atoms with Crippen molar-refractivity contribution >= 4 is 23.2 Å². The number of pyridine rings is 1. The van der Waals surface area contributed by atoms with E-state index in [4.69, 9.17) is 10.8 Å². The van der Waals surface area contributed by atoms with Gasteiger partial charge >= 0.3 is 5.97 Å². The van der Waals surface area contributed by atoms with E-state index in [2.05, 4.69) is 10.3 Å². The maximum atomic E-state index is 13.7. The number of hydrogen-bond donors (Lipinski definition) is 3. The van der Waals surface area contributed by atoms with Crippen LogP contribution < -0.4 is 11.1 Å². The highest BCUT2D eigenvalue weighted by atomic mass is 19.1. The topological polar surface area (TPSA) is 88.2 Å². The number of carboxylic acid groups (broad SMARTS) is 1. The molecule has 19 heavy (non-hydrogen) atoms. The molecule has 0 atom stereocenters. The fourth-order valence-electron chi connectivity index (χ4n) is 1.67. The summed E-state index contributed by atoms with van der Waals surface area (Å²) >= 11 is 0. The number of carboxylic acids is 1. The first-order valence-electron chi connectivity index (χ1n) is 5.50. The van der Waals surface area contributed by atoms with Crippen molar-refractivity contribution in [1.82, 2.24) is 4.98 Å². The van der Waals surface area contributed by atoms with Crippen molar-refractivity contribution in [3.63, 3.8) is 0 Å². The zero-order valence-corrected chi connectivity index (χ0v) is 10.1. The number of anilines is 3. The zero-order valence-electron chi connectivity index (χ0n) is 10.1. The fraction of sp³-hybridized carbons (Fsp3) is 0.0769. The molecule has 98 valence electrons. The van der Waals surface area contributed by atoms with Crippen LogP contribution in [-0.4, -0.2) is 16.1 Å². The average Bonchev–Trinajstić information content (AvgIpc) is 2.35. The standard InChI is InChI=1S/C13H12FN3O2/c1-7-3-2-4-9(14)11(7)17-12-10(15)8(13(18)19)5-6-16-12/h2-6H,15H2,1H3,(H,16,17)(H,18,19). The maximum Gasteiger partial charge on any atom is 0.337 e. The van der Waals surface area contributed by atoms with Crippen molar-refractivity contribution in [2.45, 2.75) is 6.92 Å². The molecule has 2 aromatic rings. The predicted octanol–water partition coefficient (Wildman–Crippen LogP) is 2.55. The van der Waals surface area contributed by atoms with Gasteiger partial charge in [-0.25, -0.2) is 14.2 Å². The summed E-state index contributed by atoms with van der Waals surface area (Å²) in [6, 6.07) is 5.90. The minimum absolute atomic E-state index is 0.0300. The number of nitrogens with two attached hydrogens (primary N) is 1. The molecule has 0 saturated carbocycles. The van der Waals surface area contributed by atoms with E-state index in [1.54, 1.807) is 19.1 Å². The lowest BCUT2D eigenvalue weighted by molar-refractivity contribution is 0.0698. The summed E-state index contributed by atoms with van der Waals surface area (Å²) in [5.74, 6) is -1.50. The molecule has 4 N–H and O–H groups in total. The molecule has 6 heteroatoms. The van der Waals surface area contributed by atoms with Crippen LogP contribution >= 0.6 is 0 Å². The quantitative estimate of drug-likeness (QED) is 0.790. The minimum atomic E-state index is -1.16. The number of para-hydroxylation sites is 1. The van der Waals surface area contributed by atoms with Crippen LogP contribution in [0.25, 0.3) is 0 Å². The van der Waals surface area contributed by atoms with Gasteiger partial charge in [0.2, 0.25) is 0 Å². The number of carbonyl (C=O) groups is 1. The molecule has 5 nitrogen and oxygen atoms in total. The van der Waals surface area contributed by atoms with E-state index in [0.29, 0.717) is 5.56 Å². The van der Waals surface area contributed by atoms with Crippen molar-refractivity contribution < 1.29 is 14.3 Å². The minimum Gasteiger partial charge on any atom is -0.478 e. The van der Waals surface area contributed by atoms with Crippen LogP contribution in [0.1, 0.15) is 15.9 Å². The lowest BCUT2D eigenvalue weighted by Gasteiger charge is -2.12. The molecule has 0 saturated heterocycles. The first-order chi connectivity index (χ1) is 9.00. The Morgan fingerprint density at radius 3 is 2.79 bits per heavy atom. The van der Waals surface area contributed by atoms with Crippen LogP contribution in [0.5, 0.6) is 0 Å². The van der Waals surface area contributed by atoms with Gasteiger partial charge in [0.1, 0.15) is 5.82 Å². The summed E-state index contributed by atoms with van der Waals surface area (Å²) in [5.41, 5.74) is 6.49. The third-order valence-corrected chi connectivity index (χ3v) is 2.69. The Labute approximate surface area is 108 Å². The van der Waals surface area contributed by atoms with Gasteiger partial charge < -0.3 is 16.2 Å². The molecule has 0 spiro atoms. The van der Waals surface area contributed by atoms with Gasteiger partial charge in [0.25, 0.3) is 0 Å². The highest BCUT2D eigenvalue weighted by molar-refractivity contribution is 5.96. The van der Waals surface area contributed by atoms with E-state index in [9.17, 15) is 9.18 Å². The van der Waals surface area contributed by atoms with E-state index < -0.39 is 11.8 Å². The molecule has 0 unspecified atom stereocenters. The van der Waals surface area contributed by atoms with Crippen LogP contribution in [0.2, 0.25) is 0 Å². The van der Waals surface area contributed by atoms with Crippen LogP contribution in [0.4, 0.5) is 21.6 Å². The summed E-state index contributed by atoms with van der Waals surface area (Å²) in [6.07, 6.45) is 1.30. The summed E-state index contributed by atoms with van der Waals surface area (Å²) in [4.78, 5) is 14.9. The summed E-state index contributed by atoms with van der Waals surface area (Å²) in [7, 11) is 0. The van der Waals surface area contributed by atoms with Gasteiger partial charge in [-0.3, -0.25) is 0 Å². The van der Waals surface area contributed by atoms with Gasteiger partial charge in [-0.2, -0.15) is 0 Å².